The maximum atomic E-state index is 5.46. The predicted molar refractivity (Wildman–Crippen MR) is 130 cm³/mol. The lowest BCUT2D eigenvalue weighted by molar-refractivity contribution is -0.164. The molecule has 0 rings (SSSR count). The van der Waals surface area contributed by atoms with Crippen LogP contribution in [0.3, 0.4) is 0 Å². The molecule has 0 unspecified atom stereocenters. The van der Waals surface area contributed by atoms with Crippen molar-refractivity contribution in [1.82, 2.24) is 5.06 Å². The third kappa shape index (κ3) is 24.0. The van der Waals surface area contributed by atoms with Crippen LogP contribution < -0.4 is 5.90 Å². The SMILES string of the molecule is CCCCCCCCCCCCCN(CCCCCCCCCCCCC)ON. The quantitative estimate of drug-likeness (QED) is 0.120. The summed E-state index contributed by atoms with van der Waals surface area (Å²) in [6.07, 6.45) is 30.4. The monoisotopic (exact) mass is 412 g/mol. The van der Waals surface area contributed by atoms with E-state index < -0.39 is 0 Å². The van der Waals surface area contributed by atoms with E-state index in [0.717, 1.165) is 13.1 Å². The summed E-state index contributed by atoms with van der Waals surface area (Å²) in [6.45, 7) is 6.56. The number of rotatable bonds is 25. The Balaban J connectivity index is 3.27. The molecule has 0 fully saturated rings. The van der Waals surface area contributed by atoms with Gasteiger partial charge < -0.3 is 0 Å². The van der Waals surface area contributed by atoms with Gasteiger partial charge in [0.15, 0.2) is 0 Å². The zero-order chi connectivity index (χ0) is 21.3. The molecular weight excluding hydrogens is 356 g/mol. The minimum absolute atomic E-state index is 0.991. The first-order chi connectivity index (χ1) is 14.3. The van der Waals surface area contributed by atoms with Gasteiger partial charge in [-0.15, -0.1) is 0 Å². The highest BCUT2D eigenvalue weighted by atomic mass is 16.8. The number of unbranched alkanes of at least 4 members (excludes halogenated alkanes) is 20. The van der Waals surface area contributed by atoms with Crippen LogP contribution >= 0.6 is 0 Å². The number of hydrogen-bond acceptors (Lipinski definition) is 3. The molecule has 2 N–H and O–H groups in total. The molecule has 0 aliphatic carbocycles. The van der Waals surface area contributed by atoms with E-state index in [1.165, 1.54) is 141 Å². The molecule has 0 aliphatic heterocycles. The van der Waals surface area contributed by atoms with E-state index in [0.29, 0.717) is 0 Å². The van der Waals surface area contributed by atoms with Crippen LogP contribution in [0.2, 0.25) is 0 Å². The van der Waals surface area contributed by atoms with Gasteiger partial charge in [0.2, 0.25) is 0 Å². The molecule has 0 saturated carbocycles. The second kappa shape index (κ2) is 25.9. The summed E-state index contributed by atoms with van der Waals surface area (Å²) in [7, 11) is 0. The van der Waals surface area contributed by atoms with Crippen LogP contribution in [0.25, 0.3) is 0 Å². The van der Waals surface area contributed by atoms with Gasteiger partial charge in [0.05, 0.1) is 0 Å². The van der Waals surface area contributed by atoms with E-state index in [1.807, 2.05) is 5.06 Å². The average Bonchev–Trinajstić information content (AvgIpc) is 2.74. The Kier molecular flexibility index (Phi) is 25.8. The van der Waals surface area contributed by atoms with Crippen LogP contribution in [0.4, 0.5) is 0 Å². The highest BCUT2D eigenvalue weighted by molar-refractivity contribution is 4.53. The van der Waals surface area contributed by atoms with E-state index in [9.17, 15) is 0 Å². The van der Waals surface area contributed by atoms with Gasteiger partial charge in [-0.25, -0.2) is 4.94 Å². The van der Waals surface area contributed by atoms with Crippen molar-refractivity contribution < 1.29 is 4.94 Å². The van der Waals surface area contributed by atoms with Crippen LogP contribution in [0.5, 0.6) is 0 Å². The summed E-state index contributed by atoms with van der Waals surface area (Å²) < 4.78 is 0. The molecule has 0 aliphatic rings. The van der Waals surface area contributed by atoms with Crippen molar-refractivity contribution >= 4 is 0 Å². The summed E-state index contributed by atoms with van der Waals surface area (Å²) in [5.74, 6) is 5.46. The topological polar surface area (TPSA) is 38.5 Å². The minimum Gasteiger partial charge on any atom is -0.214 e. The van der Waals surface area contributed by atoms with Gasteiger partial charge in [-0.05, 0) is 12.8 Å². The van der Waals surface area contributed by atoms with Crippen LogP contribution in [0, 0.1) is 0 Å². The second-order valence-corrected chi connectivity index (χ2v) is 9.11. The van der Waals surface area contributed by atoms with E-state index >= 15 is 0 Å². The molecule has 0 aromatic rings. The van der Waals surface area contributed by atoms with Gasteiger partial charge in [-0.2, -0.15) is 11.0 Å². The van der Waals surface area contributed by atoms with Crippen molar-refractivity contribution in [3.63, 3.8) is 0 Å². The van der Waals surface area contributed by atoms with Crippen LogP contribution in [0.15, 0.2) is 0 Å². The lowest BCUT2D eigenvalue weighted by atomic mass is 10.1. The molecule has 0 bridgehead atoms. The highest BCUT2D eigenvalue weighted by Gasteiger charge is 2.04. The fourth-order valence-corrected chi connectivity index (χ4v) is 4.12. The zero-order valence-electron chi connectivity index (χ0n) is 20.4. The van der Waals surface area contributed by atoms with Crippen molar-refractivity contribution in [3.8, 4) is 0 Å². The van der Waals surface area contributed by atoms with Crippen molar-refractivity contribution in [2.75, 3.05) is 13.1 Å². The molecule has 29 heavy (non-hydrogen) atoms. The number of nitrogens with zero attached hydrogens (tertiary/aromatic N) is 1. The number of nitrogens with two attached hydrogens (primary N) is 1. The highest BCUT2D eigenvalue weighted by Crippen LogP contribution is 2.13. The molecule has 0 radical (unpaired) electrons. The van der Waals surface area contributed by atoms with E-state index in [-0.39, 0.29) is 0 Å². The van der Waals surface area contributed by atoms with Crippen LogP contribution in [0.1, 0.15) is 155 Å². The van der Waals surface area contributed by atoms with Gasteiger partial charge in [0.25, 0.3) is 0 Å². The molecule has 176 valence electrons. The van der Waals surface area contributed by atoms with Crippen molar-refractivity contribution in [2.24, 2.45) is 5.90 Å². The average molecular weight is 413 g/mol. The van der Waals surface area contributed by atoms with Crippen LogP contribution in [-0.4, -0.2) is 18.2 Å². The Morgan fingerprint density at radius 1 is 0.414 bits per heavy atom. The molecule has 0 heterocycles. The molecule has 3 heteroatoms. The third-order valence-corrected chi connectivity index (χ3v) is 6.17. The summed E-state index contributed by atoms with van der Waals surface area (Å²) in [5, 5.41) is 1.97. The number of hydrogen-bond donors (Lipinski definition) is 1. The third-order valence-electron chi connectivity index (χ3n) is 6.17. The van der Waals surface area contributed by atoms with Crippen LogP contribution in [-0.2, 0) is 4.94 Å². The van der Waals surface area contributed by atoms with Gasteiger partial charge in [-0.3, -0.25) is 0 Å². The van der Waals surface area contributed by atoms with Crippen molar-refractivity contribution in [1.29, 1.82) is 0 Å². The molecule has 0 aromatic heterocycles. The summed E-state index contributed by atoms with van der Waals surface area (Å²) in [6, 6.07) is 0. The summed E-state index contributed by atoms with van der Waals surface area (Å²) in [4.78, 5) is 5.07. The molecule has 3 nitrogen and oxygen atoms in total. The van der Waals surface area contributed by atoms with Gasteiger partial charge in [0.1, 0.15) is 0 Å². The minimum atomic E-state index is 0.991. The molecule has 0 saturated heterocycles. The summed E-state index contributed by atoms with van der Waals surface area (Å²) in [5.41, 5.74) is 0. The Hall–Kier alpha value is -0.120. The first kappa shape index (κ1) is 28.9. The van der Waals surface area contributed by atoms with E-state index in [2.05, 4.69) is 13.8 Å². The largest absolute Gasteiger partial charge is 0.214 e. The second-order valence-electron chi connectivity index (χ2n) is 9.11. The molecule has 0 aromatic carbocycles. The Bertz CT molecular complexity index is 260. The Morgan fingerprint density at radius 2 is 0.655 bits per heavy atom. The maximum Gasteiger partial charge on any atom is 0.0259 e. The van der Waals surface area contributed by atoms with Gasteiger partial charge in [0, 0.05) is 13.1 Å². The van der Waals surface area contributed by atoms with E-state index in [4.69, 9.17) is 10.8 Å². The predicted octanol–water partition coefficient (Wildman–Crippen LogP) is 8.72. The smallest absolute Gasteiger partial charge is 0.0259 e. The fourth-order valence-electron chi connectivity index (χ4n) is 4.12. The maximum absolute atomic E-state index is 5.46. The standard InChI is InChI=1S/C26H56N2O/c1-3-5-7-9-11-13-15-17-19-21-23-25-28(29-27)26-24-22-20-18-16-14-12-10-8-6-4-2/h3-27H2,1-2H3. The number of hydroxylamine groups is 2. The lowest BCUT2D eigenvalue weighted by Gasteiger charge is -2.18. The zero-order valence-corrected chi connectivity index (χ0v) is 20.4. The van der Waals surface area contributed by atoms with Gasteiger partial charge in [-0.1, -0.05) is 142 Å². The first-order valence-electron chi connectivity index (χ1n) is 13.5. The Morgan fingerprint density at radius 3 is 0.897 bits per heavy atom. The molecule has 0 amide bonds. The first-order valence-corrected chi connectivity index (χ1v) is 13.5. The van der Waals surface area contributed by atoms with Crippen molar-refractivity contribution in [3.05, 3.63) is 0 Å². The molecule has 0 atom stereocenters. The van der Waals surface area contributed by atoms with Gasteiger partial charge >= 0.3 is 0 Å². The van der Waals surface area contributed by atoms with E-state index in [1.54, 1.807) is 0 Å². The Labute approximate surface area is 184 Å². The van der Waals surface area contributed by atoms with Crippen molar-refractivity contribution in [2.45, 2.75) is 155 Å². The fraction of sp³-hybridized carbons (Fsp3) is 1.00. The normalized spacial score (nSPS) is 11.6. The molecule has 0 spiro atoms. The lowest BCUT2D eigenvalue weighted by Crippen LogP contribution is -2.29. The summed E-state index contributed by atoms with van der Waals surface area (Å²) >= 11 is 0. The molecular formula is C26H56N2O.